The fourth-order valence-corrected chi connectivity index (χ4v) is 2.38. The van der Waals surface area contributed by atoms with Gasteiger partial charge in [0.2, 0.25) is 5.91 Å². The number of carboxylic acid groups (broad SMARTS) is 1. The summed E-state index contributed by atoms with van der Waals surface area (Å²) in [7, 11) is 0. The maximum absolute atomic E-state index is 12.0. The molecule has 1 aliphatic heterocycles. The Hall–Kier alpha value is -1.78. The van der Waals surface area contributed by atoms with Gasteiger partial charge in [-0.3, -0.25) is 9.59 Å². The molecule has 1 amide bonds. The summed E-state index contributed by atoms with van der Waals surface area (Å²) in [6, 6.07) is 3.78. The first kappa shape index (κ1) is 13.6. The summed E-state index contributed by atoms with van der Waals surface area (Å²) in [6.45, 7) is 2.97. The molecular formula is C14H19NO4. The Balaban J connectivity index is 1.77. The molecule has 0 saturated carbocycles. The lowest BCUT2D eigenvalue weighted by Crippen LogP contribution is -2.40. The van der Waals surface area contributed by atoms with Crippen molar-refractivity contribution in [2.75, 3.05) is 13.1 Å². The third-order valence-electron chi connectivity index (χ3n) is 3.58. The van der Waals surface area contributed by atoms with Crippen molar-refractivity contribution in [3.63, 3.8) is 0 Å². The van der Waals surface area contributed by atoms with Gasteiger partial charge in [-0.1, -0.05) is 0 Å². The highest BCUT2D eigenvalue weighted by molar-refractivity contribution is 5.77. The molecule has 104 valence electrons. The lowest BCUT2D eigenvalue weighted by molar-refractivity contribution is -0.145. The highest BCUT2D eigenvalue weighted by Crippen LogP contribution is 2.18. The third-order valence-corrected chi connectivity index (χ3v) is 3.58. The van der Waals surface area contributed by atoms with Crippen molar-refractivity contribution in [3.05, 3.63) is 23.7 Å². The number of carbonyl (C=O) groups excluding carboxylic acids is 1. The molecule has 0 aromatic carbocycles. The van der Waals surface area contributed by atoms with Crippen LogP contribution in [0.25, 0.3) is 0 Å². The van der Waals surface area contributed by atoms with Gasteiger partial charge in [-0.15, -0.1) is 0 Å². The molecule has 0 bridgehead atoms. The van der Waals surface area contributed by atoms with Crippen LogP contribution in [-0.2, 0) is 16.0 Å². The van der Waals surface area contributed by atoms with Gasteiger partial charge in [-0.2, -0.15) is 0 Å². The molecule has 1 fully saturated rings. The molecule has 0 spiro atoms. The standard InChI is InChI=1S/C14H19NO4/c1-10-2-3-12(19-10)4-5-13(16)15-8-6-11(7-9-15)14(17)18/h2-3,11H,4-9H2,1H3,(H,17,18). The van der Waals surface area contributed by atoms with Gasteiger partial charge in [0.05, 0.1) is 5.92 Å². The van der Waals surface area contributed by atoms with E-state index in [2.05, 4.69) is 0 Å². The van der Waals surface area contributed by atoms with E-state index in [0.717, 1.165) is 11.5 Å². The van der Waals surface area contributed by atoms with Gasteiger partial charge < -0.3 is 14.4 Å². The van der Waals surface area contributed by atoms with Crippen molar-refractivity contribution in [3.8, 4) is 0 Å². The number of nitrogens with zero attached hydrogens (tertiary/aromatic N) is 1. The van der Waals surface area contributed by atoms with E-state index < -0.39 is 5.97 Å². The van der Waals surface area contributed by atoms with E-state index in [4.69, 9.17) is 9.52 Å². The minimum absolute atomic E-state index is 0.0814. The van der Waals surface area contributed by atoms with Crippen LogP contribution < -0.4 is 0 Å². The molecule has 2 rings (SSSR count). The number of aliphatic carboxylic acids is 1. The van der Waals surface area contributed by atoms with Gasteiger partial charge >= 0.3 is 5.97 Å². The Morgan fingerprint density at radius 1 is 1.37 bits per heavy atom. The molecule has 0 atom stereocenters. The lowest BCUT2D eigenvalue weighted by atomic mass is 9.97. The van der Waals surface area contributed by atoms with Gasteiger partial charge in [0.15, 0.2) is 0 Å². The second kappa shape index (κ2) is 5.91. The van der Waals surface area contributed by atoms with Crippen LogP contribution in [0.15, 0.2) is 16.5 Å². The highest BCUT2D eigenvalue weighted by atomic mass is 16.4. The van der Waals surface area contributed by atoms with Crippen molar-refractivity contribution in [2.24, 2.45) is 5.92 Å². The van der Waals surface area contributed by atoms with Crippen LogP contribution in [0.3, 0.4) is 0 Å². The fraction of sp³-hybridized carbons (Fsp3) is 0.571. The third kappa shape index (κ3) is 3.59. The van der Waals surface area contributed by atoms with Crippen molar-refractivity contribution in [2.45, 2.75) is 32.6 Å². The Kier molecular flexibility index (Phi) is 4.24. The van der Waals surface area contributed by atoms with E-state index in [-0.39, 0.29) is 11.8 Å². The second-order valence-corrected chi connectivity index (χ2v) is 5.01. The number of rotatable bonds is 4. The number of amides is 1. The van der Waals surface area contributed by atoms with Gasteiger partial charge in [0, 0.05) is 25.9 Å². The van der Waals surface area contributed by atoms with Crippen LogP contribution >= 0.6 is 0 Å². The predicted molar refractivity (Wildman–Crippen MR) is 68.7 cm³/mol. The summed E-state index contributed by atoms with van der Waals surface area (Å²) in [5, 5.41) is 8.90. The second-order valence-electron chi connectivity index (χ2n) is 5.01. The smallest absolute Gasteiger partial charge is 0.306 e. The quantitative estimate of drug-likeness (QED) is 0.901. The zero-order chi connectivity index (χ0) is 13.8. The number of piperidine rings is 1. The molecular weight excluding hydrogens is 246 g/mol. The fourth-order valence-electron chi connectivity index (χ4n) is 2.38. The van der Waals surface area contributed by atoms with Crippen LogP contribution in [-0.4, -0.2) is 35.0 Å². The molecule has 1 N–H and O–H groups in total. The Morgan fingerprint density at radius 3 is 2.58 bits per heavy atom. The minimum Gasteiger partial charge on any atom is -0.481 e. The monoisotopic (exact) mass is 265 g/mol. The Labute approximate surface area is 112 Å². The van der Waals surface area contributed by atoms with Crippen molar-refractivity contribution in [1.29, 1.82) is 0 Å². The van der Waals surface area contributed by atoms with Crippen LogP contribution in [0.2, 0.25) is 0 Å². The minimum atomic E-state index is -0.752. The highest BCUT2D eigenvalue weighted by Gasteiger charge is 2.26. The van der Waals surface area contributed by atoms with E-state index in [9.17, 15) is 9.59 Å². The summed E-state index contributed by atoms with van der Waals surface area (Å²) in [5.41, 5.74) is 0. The average Bonchev–Trinajstić information content (AvgIpc) is 2.82. The maximum atomic E-state index is 12.0. The number of carboxylic acids is 1. The first-order valence-electron chi connectivity index (χ1n) is 6.62. The molecule has 5 heteroatoms. The van der Waals surface area contributed by atoms with Crippen molar-refractivity contribution < 1.29 is 19.1 Å². The summed E-state index contributed by atoms with van der Waals surface area (Å²) >= 11 is 0. The van der Waals surface area contributed by atoms with Crippen molar-refractivity contribution >= 4 is 11.9 Å². The number of hydrogen-bond acceptors (Lipinski definition) is 3. The summed E-state index contributed by atoms with van der Waals surface area (Å²) in [4.78, 5) is 24.6. The molecule has 1 aromatic rings. The molecule has 1 aliphatic rings. The van der Waals surface area contributed by atoms with E-state index in [0.29, 0.717) is 38.8 Å². The number of carbonyl (C=O) groups is 2. The molecule has 1 saturated heterocycles. The normalized spacial score (nSPS) is 16.6. The summed E-state index contributed by atoms with van der Waals surface area (Å²) in [5.74, 6) is 0.712. The molecule has 0 unspecified atom stereocenters. The molecule has 1 aromatic heterocycles. The Bertz CT molecular complexity index is 458. The molecule has 19 heavy (non-hydrogen) atoms. The van der Waals surface area contributed by atoms with E-state index in [1.165, 1.54) is 0 Å². The van der Waals surface area contributed by atoms with E-state index in [1.807, 2.05) is 19.1 Å². The van der Waals surface area contributed by atoms with Crippen LogP contribution in [0.1, 0.15) is 30.8 Å². The number of furan rings is 1. The van der Waals surface area contributed by atoms with E-state index >= 15 is 0 Å². The summed E-state index contributed by atoms with van der Waals surface area (Å²) in [6.07, 6.45) is 2.14. The molecule has 5 nitrogen and oxygen atoms in total. The first-order chi connectivity index (χ1) is 9.06. The number of hydrogen-bond donors (Lipinski definition) is 1. The maximum Gasteiger partial charge on any atom is 0.306 e. The van der Waals surface area contributed by atoms with Crippen molar-refractivity contribution in [1.82, 2.24) is 4.90 Å². The number of likely N-dealkylation sites (tertiary alicyclic amines) is 1. The van der Waals surface area contributed by atoms with Crippen LogP contribution in [0, 0.1) is 12.8 Å². The zero-order valence-corrected chi connectivity index (χ0v) is 11.1. The largest absolute Gasteiger partial charge is 0.481 e. The topological polar surface area (TPSA) is 70.8 Å². The SMILES string of the molecule is Cc1ccc(CCC(=O)N2CCC(C(=O)O)CC2)o1. The molecule has 2 heterocycles. The zero-order valence-electron chi connectivity index (χ0n) is 11.1. The molecule has 0 radical (unpaired) electrons. The van der Waals surface area contributed by atoms with Crippen LogP contribution in [0.4, 0.5) is 0 Å². The molecule has 0 aliphatic carbocycles. The number of aryl methyl sites for hydroxylation is 2. The van der Waals surface area contributed by atoms with Gasteiger partial charge in [-0.25, -0.2) is 0 Å². The van der Waals surface area contributed by atoms with Crippen LogP contribution in [0.5, 0.6) is 0 Å². The Morgan fingerprint density at radius 2 is 2.05 bits per heavy atom. The first-order valence-corrected chi connectivity index (χ1v) is 6.62. The van der Waals surface area contributed by atoms with Gasteiger partial charge in [0.1, 0.15) is 11.5 Å². The summed E-state index contributed by atoms with van der Waals surface area (Å²) < 4.78 is 5.42. The van der Waals surface area contributed by atoms with Gasteiger partial charge in [-0.05, 0) is 31.9 Å². The predicted octanol–water partition coefficient (Wildman–Crippen LogP) is 1.84. The lowest BCUT2D eigenvalue weighted by Gasteiger charge is -2.30. The van der Waals surface area contributed by atoms with Gasteiger partial charge in [0.25, 0.3) is 0 Å². The van der Waals surface area contributed by atoms with E-state index in [1.54, 1.807) is 4.90 Å². The average molecular weight is 265 g/mol.